The zero-order valence-corrected chi connectivity index (χ0v) is 11.5. The van der Waals surface area contributed by atoms with Crippen molar-refractivity contribution >= 4 is 38.3 Å². The predicted molar refractivity (Wildman–Crippen MR) is 75.5 cm³/mol. The highest BCUT2D eigenvalue weighted by atomic mass is 79.9. The third kappa shape index (κ3) is 1.98. The zero-order chi connectivity index (χ0) is 12.5. The Labute approximate surface area is 117 Å². The summed E-state index contributed by atoms with van der Waals surface area (Å²) in [7, 11) is 0. The lowest BCUT2D eigenvalue weighted by Crippen LogP contribution is -1.92. The van der Waals surface area contributed by atoms with E-state index in [1.54, 1.807) is 12.4 Å². The molecule has 0 atom stereocenters. The van der Waals surface area contributed by atoms with Gasteiger partial charge in [0.1, 0.15) is 5.15 Å². The van der Waals surface area contributed by atoms with Gasteiger partial charge in [-0.25, -0.2) is 9.97 Å². The molecule has 0 aliphatic heterocycles. The van der Waals surface area contributed by atoms with E-state index in [4.69, 9.17) is 11.6 Å². The Morgan fingerprint density at radius 2 is 1.89 bits per heavy atom. The molecule has 0 N–H and O–H groups in total. The molecule has 0 saturated carbocycles. The van der Waals surface area contributed by atoms with Crippen LogP contribution in [0.1, 0.15) is 0 Å². The van der Waals surface area contributed by atoms with Crippen LogP contribution in [0.5, 0.6) is 0 Å². The standard InChI is InChI=1S/C13H7BrClN3/c14-11-7-17-13(18-12(11)15)10-6-16-5-8-3-1-2-4-9(8)10/h1-7H. The van der Waals surface area contributed by atoms with Crippen molar-refractivity contribution in [3.8, 4) is 11.4 Å². The van der Waals surface area contributed by atoms with E-state index in [0.717, 1.165) is 16.3 Å². The summed E-state index contributed by atoms with van der Waals surface area (Å²) in [5.41, 5.74) is 0.877. The summed E-state index contributed by atoms with van der Waals surface area (Å²) in [6, 6.07) is 7.98. The van der Waals surface area contributed by atoms with Crippen LogP contribution in [0.4, 0.5) is 0 Å². The van der Waals surface area contributed by atoms with E-state index in [1.165, 1.54) is 0 Å². The zero-order valence-electron chi connectivity index (χ0n) is 9.14. The van der Waals surface area contributed by atoms with Crippen LogP contribution < -0.4 is 0 Å². The average molecular weight is 321 g/mol. The van der Waals surface area contributed by atoms with Crippen molar-refractivity contribution in [2.75, 3.05) is 0 Å². The Bertz CT molecular complexity index is 725. The maximum atomic E-state index is 6.00. The van der Waals surface area contributed by atoms with Crippen LogP contribution in [0, 0.1) is 0 Å². The van der Waals surface area contributed by atoms with Crippen LogP contribution in [0.2, 0.25) is 5.15 Å². The van der Waals surface area contributed by atoms with Crippen LogP contribution >= 0.6 is 27.5 Å². The number of nitrogens with zero attached hydrogens (tertiary/aromatic N) is 3. The van der Waals surface area contributed by atoms with E-state index in [2.05, 4.69) is 30.9 Å². The second kappa shape index (κ2) is 4.63. The first-order valence-corrected chi connectivity index (χ1v) is 6.44. The van der Waals surface area contributed by atoms with Crippen LogP contribution in [-0.2, 0) is 0 Å². The molecule has 2 heterocycles. The van der Waals surface area contributed by atoms with Crippen molar-refractivity contribution in [3.05, 3.63) is 52.5 Å². The minimum Gasteiger partial charge on any atom is -0.263 e. The fourth-order valence-electron chi connectivity index (χ4n) is 1.77. The Balaban J connectivity index is 2.28. The molecule has 1 aromatic carbocycles. The molecule has 3 rings (SSSR count). The molecule has 18 heavy (non-hydrogen) atoms. The van der Waals surface area contributed by atoms with Gasteiger partial charge < -0.3 is 0 Å². The van der Waals surface area contributed by atoms with Crippen molar-refractivity contribution in [1.82, 2.24) is 15.0 Å². The first-order chi connectivity index (χ1) is 8.75. The van der Waals surface area contributed by atoms with Gasteiger partial charge in [-0.05, 0) is 21.3 Å². The van der Waals surface area contributed by atoms with Gasteiger partial charge in [0, 0.05) is 29.5 Å². The van der Waals surface area contributed by atoms with Crippen LogP contribution in [0.15, 0.2) is 47.3 Å². The van der Waals surface area contributed by atoms with Gasteiger partial charge in [-0.2, -0.15) is 0 Å². The molecule has 0 unspecified atom stereocenters. The molecule has 88 valence electrons. The summed E-state index contributed by atoms with van der Waals surface area (Å²) >= 11 is 9.28. The quantitative estimate of drug-likeness (QED) is 0.633. The number of benzene rings is 1. The molecule has 0 spiro atoms. The van der Waals surface area contributed by atoms with Gasteiger partial charge in [0.25, 0.3) is 0 Å². The van der Waals surface area contributed by atoms with Crippen molar-refractivity contribution in [3.63, 3.8) is 0 Å². The van der Waals surface area contributed by atoms with Crippen molar-refractivity contribution < 1.29 is 0 Å². The van der Waals surface area contributed by atoms with E-state index < -0.39 is 0 Å². The predicted octanol–water partition coefficient (Wildman–Crippen LogP) is 4.11. The monoisotopic (exact) mass is 319 g/mol. The topological polar surface area (TPSA) is 38.7 Å². The van der Waals surface area contributed by atoms with Crippen LogP contribution in [-0.4, -0.2) is 15.0 Å². The lowest BCUT2D eigenvalue weighted by molar-refractivity contribution is 1.16. The van der Waals surface area contributed by atoms with Crippen molar-refractivity contribution in [1.29, 1.82) is 0 Å². The highest BCUT2D eigenvalue weighted by Gasteiger charge is 2.08. The molecule has 0 saturated heterocycles. The number of pyridine rings is 1. The third-order valence-corrected chi connectivity index (χ3v) is 3.71. The van der Waals surface area contributed by atoms with Gasteiger partial charge >= 0.3 is 0 Å². The van der Waals surface area contributed by atoms with Crippen molar-refractivity contribution in [2.45, 2.75) is 0 Å². The molecular formula is C13H7BrClN3. The van der Waals surface area contributed by atoms with E-state index in [0.29, 0.717) is 15.5 Å². The summed E-state index contributed by atoms with van der Waals surface area (Å²) in [5.74, 6) is 0.576. The molecule has 0 bridgehead atoms. The Kier molecular flexibility index (Phi) is 2.97. The van der Waals surface area contributed by atoms with E-state index in [-0.39, 0.29) is 0 Å². The molecular weight excluding hydrogens is 314 g/mol. The highest BCUT2D eigenvalue weighted by molar-refractivity contribution is 9.10. The number of fused-ring (bicyclic) bond motifs is 1. The Morgan fingerprint density at radius 3 is 2.72 bits per heavy atom. The maximum absolute atomic E-state index is 6.00. The molecule has 0 aliphatic carbocycles. The van der Waals surface area contributed by atoms with E-state index in [9.17, 15) is 0 Å². The van der Waals surface area contributed by atoms with Gasteiger partial charge in [-0.1, -0.05) is 35.9 Å². The fourth-order valence-corrected chi connectivity index (χ4v) is 2.09. The lowest BCUT2D eigenvalue weighted by atomic mass is 10.1. The Morgan fingerprint density at radius 1 is 1.06 bits per heavy atom. The smallest absolute Gasteiger partial charge is 0.163 e. The molecule has 3 aromatic rings. The SMILES string of the molecule is Clc1nc(-c2cncc3ccccc23)ncc1Br. The van der Waals surface area contributed by atoms with Gasteiger partial charge in [0.05, 0.1) is 4.47 Å². The molecule has 2 aromatic heterocycles. The second-order valence-electron chi connectivity index (χ2n) is 3.74. The first-order valence-electron chi connectivity index (χ1n) is 5.27. The Hall–Kier alpha value is -1.52. The highest BCUT2D eigenvalue weighted by Crippen LogP contribution is 2.27. The number of hydrogen-bond donors (Lipinski definition) is 0. The van der Waals surface area contributed by atoms with Gasteiger partial charge in [0.15, 0.2) is 5.82 Å². The lowest BCUT2D eigenvalue weighted by Gasteiger charge is -2.05. The minimum atomic E-state index is 0.396. The van der Waals surface area contributed by atoms with Gasteiger partial charge in [-0.15, -0.1) is 0 Å². The third-order valence-electron chi connectivity index (χ3n) is 2.61. The van der Waals surface area contributed by atoms with Crippen LogP contribution in [0.25, 0.3) is 22.2 Å². The summed E-state index contributed by atoms with van der Waals surface area (Å²) in [4.78, 5) is 12.7. The van der Waals surface area contributed by atoms with Crippen molar-refractivity contribution in [2.24, 2.45) is 0 Å². The molecule has 0 fully saturated rings. The number of rotatable bonds is 1. The average Bonchev–Trinajstić information content (AvgIpc) is 2.41. The van der Waals surface area contributed by atoms with Crippen LogP contribution in [0.3, 0.4) is 0 Å². The second-order valence-corrected chi connectivity index (χ2v) is 4.95. The summed E-state index contributed by atoms with van der Waals surface area (Å²) in [6.45, 7) is 0. The molecule has 0 radical (unpaired) electrons. The number of aromatic nitrogens is 3. The molecule has 0 aliphatic rings. The minimum absolute atomic E-state index is 0.396. The molecule has 0 amide bonds. The normalized spacial score (nSPS) is 10.8. The summed E-state index contributed by atoms with van der Waals surface area (Å²) in [6.07, 6.45) is 5.22. The van der Waals surface area contributed by atoms with E-state index >= 15 is 0 Å². The fraction of sp³-hybridized carbons (Fsp3) is 0. The maximum Gasteiger partial charge on any atom is 0.163 e. The van der Waals surface area contributed by atoms with E-state index in [1.807, 2.05) is 30.5 Å². The first kappa shape index (κ1) is 11.6. The summed E-state index contributed by atoms with van der Waals surface area (Å²) < 4.78 is 0.682. The van der Waals surface area contributed by atoms with Gasteiger partial charge in [-0.3, -0.25) is 4.98 Å². The number of hydrogen-bond acceptors (Lipinski definition) is 3. The number of halogens is 2. The summed E-state index contributed by atoms with van der Waals surface area (Å²) in [5, 5.41) is 2.51. The van der Waals surface area contributed by atoms with Gasteiger partial charge in [0.2, 0.25) is 0 Å². The molecule has 5 heteroatoms. The largest absolute Gasteiger partial charge is 0.263 e. The molecule has 3 nitrogen and oxygen atoms in total.